The number of hydrogen-bond acceptors (Lipinski definition) is 7. The SMILES string of the molecule is CC(=N)SC(N)=NS(=O)(=O)c1ccc(N2CCN(C(=O)C(C)N3CCCc4cc(Cl)ccc43)CC2)cc1.[HH]. The number of piperazine rings is 1. The van der Waals surface area contributed by atoms with Crippen molar-refractivity contribution in [2.75, 3.05) is 42.5 Å². The van der Waals surface area contributed by atoms with Gasteiger partial charge in [-0.3, -0.25) is 10.2 Å². The number of aryl methyl sites for hydroxylation is 1. The summed E-state index contributed by atoms with van der Waals surface area (Å²) < 4.78 is 28.6. The van der Waals surface area contributed by atoms with Gasteiger partial charge in [-0.2, -0.15) is 8.42 Å². The Hall–Kier alpha value is -2.76. The fourth-order valence-corrected chi connectivity index (χ4v) is 6.53. The number of nitrogens with one attached hydrogen (secondary N) is 1. The molecule has 1 fully saturated rings. The van der Waals surface area contributed by atoms with Crippen LogP contribution in [0.1, 0.15) is 27.3 Å². The second-order valence-corrected chi connectivity index (χ2v) is 12.4. The van der Waals surface area contributed by atoms with Crippen LogP contribution in [0, 0.1) is 5.41 Å². The molecule has 1 saturated heterocycles. The van der Waals surface area contributed by atoms with E-state index in [1.54, 1.807) is 12.1 Å². The van der Waals surface area contributed by atoms with Gasteiger partial charge in [0.1, 0.15) is 6.04 Å². The molecule has 2 aliphatic heterocycles. The van der Waals surface area contributed by atoms with Crippen LogP contribution in [-0.2, 0) is 21.2 Å². The van der Waals surface area contributed by atoms with Crippen molar-refractivity contribution in [1.29, 1.82) is 5.41 Å². The van der Waals surface area contributed by atoms with E-state index in [-0.39, 0.29) is 28.5 Å². The van der Waals surface area contributed by atoms with Gasteiger partial charge in [-0.25, -0.2) is 0 Å². The minimum absolute atomic E-state index is 0. The molecule has 4 rings (SSSR count). The van der Waals surface area contributed by atoms with Gasteiger partial charge in [-0.05, 0) is 86.5 Å². The first-order chi connectivity index (χ1) is 17.5. The normalized spacial score (nSPS) is 17.4. The molecule has 37 heavy (non-hydrogen) atoms. The van der Waals surface area contributed by atoms with Gasteiger partial charge in [0.05, 0.1) is 9.94 Å². The summed E-state index contributed by atoms with van der Waals surface area (Å²) in [4.78, 5) is 19.6. The molecule has 1 amide bonds. The molecule has 2 aromatic carbocycles. The van der Waals surface area contributed by atoms with Crippen LogP contribution in [0.4, 0.5) is 11.4 Å². The number of hydrogen-bond donors (Lipinski definition) is 2. The highest BCUT2D eigenvalue weighted by Gasteiger charge is 2.31. The van der Waals surface area contributed by atoms with E-state index in [1.165, 1.54) is 24.6 Å². The van der Waals surface area contributed by atoms with Crippen LogP contribution in [0.3, 0.4) is 0 Å². The number of nitrogens with zero attached hydrogens (tertiary/aromatic N) is 4. The van der Waals surface area contributed by atoms with E-state index in [1.807, 2.05) is 30.0 Å². The molecular formula is C25H33ClN6O3S2. The van der Waals surface area contributed by atoms with E-state index < -0.39 is 10.0 Å². The highest BCUT2D eigenvalue weighted by atomic mass is 35.5. The van der Waals surface area contributed by atoms with Crippen LogP contribution in [-0.4, -0.2) is 68.2 Å². The summed E-state index contributed by atoms with van der Waals surface area (Å²) in [6.07, 6.45) is 1.96. The molecule has 3 N–H and O–H groups in total. The fraction of sp³-hybridized carbons (Fsp3) is 0.400. The lowest BCUT2D eigenvalue weighted by Gasteiger charge is -2.41. The number of halogens is 1. The molecule has 0 saturated carbocycles. The smallest absolute Gasteiger partial charge is 0.284 e. The topological polar surface area (TPSA) is 123 Å². The van der Waals surface area contributed by atoms with Crippen molar-refractivity contribution in [3.63, 3.8) is 0 Å². The van der Waals surface area contributed by atoms with Crippen molar-refractivity contribution in [1.82, 2.24) is 4.90 Å². The maximum atomic E-state index is 13.4. The fourth-order valence-electron chi connectivity index (χ4n) is 4.76. The van der Waals surface area contributed by atoms with Crippen molar-refractivity contribution < 1.29 is 14.6 Å². The number of thioether (sulfide) groups is 1. The van der Waals surface area contributed by atoms with Crippen LogP contribution >= 0.6 is 23.4 Å². The second-order valence-electron chi connectivity index (χ2n) is 9.12. The van der Waals surface area contributed by atoms with E-state index in [9.17, 15) is 13.2 Å². The summed E-state index contributed by atoms with van der Waals surface area (Å²) in [6, 6.07) is 12.1. The van der Waals surface area contributed by atoms with Gasteiger partial charge in [-0.1, -0.05) is 11.6 Å². The second kappa shape index (κ2) is 11.3. The third kappa shape index (κ3) is 6.39. The Bertz CT molecular complexity index is 1310. The van der Waals surface area contributed by atoms with Crippen molar-refractivity contribution in [2.24, 2.45) is 10.1 Å². The van der Waals surface area contributed by atoms with E-state index in [4.69, 9.17) is 22.7 Å². The van der Waals surface area contributed by atoms with Crippen LogP contribution < -0.4 is 15.5 Å². The number of amides is 1. The van der Waals surface area contributed by atoms with Crippen molar-refractivity contribution in [3.8, 4) is 0 Å². The van der Waals surface area contributed by atoms with E-state index in [0.29, 0.717) is 26.2 Å². The van der Waals surface area contributed by atoms with Crippen molar-refractivity contribution in [3.05, 3.63) is 53.1 Å². The molecule has 2 heterocycles. The third-order valence-electron chi connectivity index (χ3n) is 6.58. The largest absolute Gasteiger partial charge is 0.377 e. The summed E-state index contributed by atoms with van der Waals surface area (Å²) in [5.74, 6) is 0.109. The standard InChI is InChI=1S/C25H31ClN6O3S2.H2/c1-17(32-11-3-4-19-16-20(26)5-10-23(19)32)24(33)31-14-12-30(13-15-31)21-6-8-22(9-7-21)37(34,35)29-25(28)36-18(2)27;/h5-10,16-17,27H,3-4,11-15H2,1-2H3,(H2,28,29);1H. The Labute approximate surface area is 228 Å². The lowest BCUT2D eigenvalue weighted by atomic mass is 10.00. The first-order valence-corrected chi connectivity index (χ1v) is 14.7. The van der Waals surface area contributed by atoms with E-state index in [2.05, 4.69) is 14.2 Å². The number of nitrogens with two attached hydrogens (primary N) is 1. The predicted octanol–water partition coefficient (Wildman–Crippen LogP) is 3.81. The minimum atomic E-state index is -3.95. The zero-order chi connectivity index (χ0) is 26.7. The number of benzene rings is 2. The average molecular weight is 565 g/mol. The van der Waals surface area contributed by atoms with Crippen molar-refractivity contribution in [2.45, 2.75) is 37.6 Å². The molecule has 12 heteroatoms. The number of carbonyl (C=O) groups is 1. The molecule has 200 valence electrons. The highest BCUT2D eigenvalue weighted by Crippen LogP contribution is 2.31. The maximum Gasteiger partial charge on any atom is 0.284 e. The number of fused-ring (bicyclic) bond motifs is 1. The molecule has 0 aromatic heterocycles. The first kappa shape index (κ1) is 27.3. The summed E-state index contributed by atoms with van der Waals surface area (Å²) >= 11 is 6.97. The molecule has 0 radical (unpaired) electrons. The molecular weight excluding hydrogens is 532 g/mol. The quantitative estimate of drug-likeness (QED) is 0.418. The molecule has 0 bridgehead atoms. The zero-order valence-corrected chi connectivity index (χ0v) is 23.2. The minimum Gasteiger partial charge on any atom is -0.377 e. The lowest BCUT2D eigenvalue weighted by Crippen LogP contribution is -2.55. The van der Waals surface area contributed by atoms with Crippen LogP contribution in [0.5, 0.6) is 0 Å². The predicted molar refractivity (Wildman–Crippen MR) is 154 cm³/mol. The highest BCUT2D eigenvalue weighted by molar-refractivity contribution is 8.26. The van der Waals surface area contributed by atoms with Gasteiger partial charge in [0.25, 0.3) is 10.0 Å². The Morgan fingerprint density at radius 1 is 1.14 bits per heavy atom. The zero-order valence-electron chi connectivity index (χ0n) is 20.9. The van der Waals surface area contributed by atoms with Crippen LogP contribution in [0.2, 0.25) is 5.02 Å². The number of carbonyl (C=O) groups excluding carboxylic acids is 1. The summed E-state index contributed by atoms with van der Waals surface area (Å²) in [5.41, 5.74) is 8.77. The van der Waals surface area contributed by atoms with Gasteiger partial charge in [0.2, 0.25) is 5.91 Å². The molecule has 0 spiro atoms. The van der Waals surface area contributed by atoms with E-state index >= 15 is 0 Å². The molecule has 1 atom stereocenters. The van der Waals surface area contributed by atoms with Gasteiger partial charge in [-0.15, -0.1) is 4.40 Å². The number of amidine groups is 1. The first-order valence-electron chi connectivity index (χ1n) is 12.1. The summed E-state index contributed by atoms with van der Waals surface area (Å²) in [6.45, 7) is 6.79. The Kier molecular flexibility index (Phi) is 8.35. The maximum absolute atomic E-state index is 13.4. The molecule has 1 unspecified atom stereocenters. The Balaban J connectivity index is 0.00000400. The Morgan fingerprint density at radius 3 is 2.46 bits per heavy atom. The van der Waals surface area contributed by atoms with Crippen LogP contribution in [0.25, 0.3) is 0 Å². The number of rotatable bonds is 5. The molecule has 9 nitrogen and oxygen atoms in total. The van der Waals surface area contributed by atoms with Crippen molar-refractivity contribution >= 4 is 60.9 Å². The number of anilines is 2. The lowest BCUT2D eigenvalue weighted by molar-refractivity contribution is -0.132. The van der Waals surface area contributed by atoms with Crippen LogP contribution in [0.15, 0.2) is 51.8 Å². The molecule has 2 aromatic rings. The summed E-state index contributed by atoms with van der Waals surface area (Å²) in [7, 11) is -3.95. The monoisotopic (exact) mass is 564 g/mol. The third-order valence-corrected chi connectivity index (χ3v) is 8.84. The molecule has 2 aliphatic rings. The number of sulfonamides is 1. The van der Waals surface area contributed by atoms with Gasteiger partial charge < -0.3 is 20.4 Å². The van der Waals surface area contributed by atoms with Gasteiger partial charge >= 0.3 is 0 Å². The van der Waals surface area contributed by atoms with E-state index in [0.717, 1.165) is 47.5 Å². The van der Waals surface area contributed by atoms with Gasteiger partial charge in [0, 0.05) is 50.5 Å². The molecule has 0 aliphatic carbocycles. The average Bonchev–Trinajstić information content (AvgIpc) is 2.86. The Morgan fingerprint density at radius 2 is 1.81 bits per heavy atom. The van der Waals surface area contributed by atoms with Gasteiger partial charge in [0.15, 0.2) is 5.17 Å². The summed E-state index contributed by atoms with van der Waals surface area (Å²) in [5, 5.41) is 8.08.